The van der Waals surface area contributed by atoms with Crippen molar-refractivity contribution in [3.8, 4) is 5.75 Å². The van der Waals surface area contributed by atoms with Gasteiger partial charge >= 0.3 is 0 Å². The van der Waals surface area contributed by atoms with E-state index in [0.29, 0.717) is 18.1 Å². The van der Waals surface area contributed by atoms with Gasteiger partial charge in [-0.3, -0.25) is 4.79 Å². The summed E-state index contributed by atoms with van der Waals surface area (Å²) < 4.78 is 11.2. The van der Waals surface area contributed by atoms with Gasteiger partial charge in [0, 0.05) is 31.1 Å². The average molecular weight is 345 g/mol. The van der Waals surface area contributed by atoms with Crippen molar-refractivity contribution in [3.05, 3.63) is 29.3 Å². The van der Waals surface area contributed by atoms with Crippen molar-refractivity contribution in [3.63, 3.8) is 0 Å². The second-order valence-corrected chi connectivity index (χ2v) is 7.67. The maximum Gasteiger partial charge on any atom is 0.255 e. The van der Waals surface area contributed by atoms with Gasteiger partial charge in [-0.1, -0.05) is 18.6 Å². The zero-order valence-corrected chi connectivity index (χ0v) is 14.6. The van der Waals surface area contributed by atoms with Crippen LogP contribution < -0.4 is 10.1 Å². The molecule has 1 amide bonds. The van der Waals surface area contributed by atoms with Crippen LogP contribution in [0.25, 0.3) is 0 Å². The Morgan fingerprint density at radius 2 is 2.08 bits per heavy atom. The first-order valence-electron chi connectivity index (χ1n) is 9.48. The van der Waals surface area contributed by atoms with Gasteiger partial charge in [-0.25, -0.2) is 0 Å². The molecule has 2 aliphatic heterocycles. The summed E-state index contributed by atoms with van der Waals surface area (Å²) >= 11 is 0. The first-order valence-corrected chi connectivity index (χ1v) is 9.48. The van der Waals surface area contributed by atoms with Gasteiger partial charge in [-0.05, 0) is 43.2 Å². The Kier molecular flexibility index (Phi) is 4.69. The van der Waals surface area contributed by atoms with E-state index in [-0.39, 0.29) is 24.0 Å². The van der Waals surface area contributed by atoms with E-state index < -0.39 is 0 Å². The lowest BCUT2D eigenvalue weighted by molar-refractivity contribution is -0.0379. The van der Waals surface area contributed by atoms with Crippen LogP contribution in [0, 0.1) is 11.3 Å². The number of nitrogens with one attached hydrogen (secondary N) is 1. The Hall–Kier alpha value is -1.59. The van der Waals surface area contributed by atoms with E-state index >= 15 is 0 Å². The minimum Gasteiger partial charge on any atom is -0.492 e. The predicted octanol–water partition coefficient (Wildman–Crippen LogP) is 2.31. The highest BCUT2D eigenvalue weighted by Crippen LogP contribution is 2.47. The third-order valence-electron chi connectivity index (χ3n) is 6.31. The molecule has 4 rings (SSSR count). The van der Waals surface area contributed by atoms with Crippen LogP contribution in [0.5, 0.6) is 5.75 Å². The Morgan fingerprint density at radius 1 is 1.28 bits per heavy atom. The summed E-state index contributed by atoms with van der Waals surface area (Å²) in [6.45, 7) is 2.26. The van der Waals surface area contributed by atoms with Crippen molar-refractivity contribution >= 4 is 5.91 Å². The third kappa shape index (κ3) is 3.04. The van der Waals surface area contributed by atoms with E-state index in [1.165, 1.54) is 0 Å². The summed E-state index contributed by atoms with van der Waals surface area (Å²) in [5, 5.41) is 13.4. The first kappa shape index (κ1) is 16.9. The van der Waals surface area contributed by atoms with Crippen LogP contribution in [0.4, 0.5) is 0 Å². The minimum absolute atomic E-state index is 0.0000841. The van der Waals surface area contributed by atoms with Gasteiger partial charge in [0.25, 0.3) is 5.91 Å². The van der Waals surface area contributed by atoms with Gasteiger partial charge in [0.15, 0.2) is 0 Å². The number of carbonyl (C=O) groups excluding carboxylic acids is 1. The molecule has 1 aromatic carbocycles. The largest absolute Gasteiger partial charge is 0.492 e. The molecule has 2 N–H and O–H groups in total. The number of ether oxygens (including phenoxy) is 2. The Labute approximate surface area is 148 Å². The van der Waals surface area contributed by atoms with Crippen molar-refractivity contribution in [2.45, 2.75) is 44.6 Å². The standard InChI is InChI=1S/C20H27NO4/c22-13-20(8-2-9-20)18(15-5-10-24-11-6-15)21-19(23)16-4-1-3-14-7-12-25-17(14)16/h1,3-4,15,18,22H,2,5-13H2,(H,21,23). The van der Waals surface area contributed by atoms with Crippen LogP contribution in [0.15, 0.2) is 18.2 Å². The number of fused-ring (bicyclic) bond motifs is 1. The summed E-state index contributed by atoms with van der Waals surface area (Å²) in [5.74, 6) is 1.02. The monoisotopic (exact) mass is 345 g/mol. The molecule has 0 aromatic heterocycles. The lowest BCUT2D eigenvalue weighted by Crippen LogP contribution is -2.57. The number of benzene rings is 1. The Balaban J connectivity index is 1.58. The number of amides is 1. The first-order chi connectivity index (χ1) is 12.2. The molecular formula is C20H27NO4. The second kappa shape index (κ2) is 6.96. The van der Waals surface area contributed by atoms with Crippen LogP contribution in [-0.2, 0) is 11.2 Å². The molecule has 5 nitrogen and oxygen atoms in total. The van der Waals surface area contributed by atoms with Crippen LogP contribution in [0.3, 0.4) is 0 Å². The van der Waals surface area contributed by atoms with Gasteiger partial charge in [-0.15, -0.1) is 0 Å². The minimum atomic E-state index is -0.170. The van der Waals surface area contributed by atoms with Crippen molar-refractivity contribution in [1.29, 1.82) is 0 Å². The smallest absolute Gasteiger partial charge is 0.255 e. The number of hydrogen-bond donors (Lipinski definition) is 2. The topological polar surface area (TPSA) is 67.8 Å². The lowest BCUT2D eigenvalue weighted by atomic mass is 9.60. The molecule has 0 radical (unpaired) electrons. The predicted molar refractivity (Wildman–Crippen MR) is 93.8 cm³/mol. The van der Waals surface area contributed by atoms with E-state index in [2.05, 4.69) is 5.32 Å². The van der Waals surface area contributed by atoms with Gasteiger partial charge in [0.2, 0.25) is 0 Å². The van der Waals surface area contributed by atoms with Crippen molar-refractivity contribution in [1.82, 2.24) is 5.32 Å². The summed E-state index contributed by atoms with van der Waals surface area (Å²) in [5.41, 5.74) is 1.56. The average Bonchev–Trinajstić information content (AvgIpc) is 3.09. The molecule has 1 aromatic rings. The molecule has 136 valence electrons. The van der Waals surface area contributed by atoms with E-state index in [4.69, 9.17) is 9.47 Å². The molecule has 1 atom stereocenters. The number of carbonyl (C=O) groups is 1. The maximum absolute atomic E-state index is 13.1. The number of rotatable bonds is 5. The van der Waals surface area contributed by atoms with Gasteiger partial charge < -0.3 is 19.9 Å². The molecule has 5 heteroatoms. The van der Waals surface area contributed by atoms with E-state index in [1.807, 2.05) is 18.2 Å². The fourth-order valence-corrected chi connectivity index (χ4v) is 4.63. The summed E-state index contributed by atoms with van der Waals surface area (Å²) in [6, 6.07) is 5.79. The third-order valence-corrected chi connectivity index (χ3v) is 6.31. The Morgan fingerprint density at radius 3 is 2.76 bits per heavy atom. The van der Waals surface area contributed by atoms with E-state index in [0.717, 1.165) is 63.1 Å². The molecule has 0 bridgehead atoms. The fraction of sp³-hybridized carbons (Fsp3) is 0.650. The lowest BCUT2D eigenvalue weighted by Gasteiger charge is -2.50. The van der Waals surface area contributed by atoms with E-state index in [9.17, 15) is 9.90 Å². The highest BCUT2D eigenvalue weighted by atomic mass is 16.5. The number of aliphatic hydroxyl groups is 1. The van der Waals surface area contributed by atoms with Gasteiger partial charge in [-0.2, -0.15) is 0 Å². The second-order valence-electron chi connectivity index (χ2n) is 7.67. The zero-order chi connectivity index (χ0) is 17.3. The summed E-state index contributed by atoms with van der Waals surface area (Å²) in [7, 11) is 0. The summed E-state index contributed by atoms with van der Waals surface area (Å²) in [6.07, 6.45) is 5.83. The van der Waals surface area contributed by atoms with Crippen molar-refractivity contribution < 1.29 is 19.4 Å². The normalized spacial score (nSPS) is 23.2. The SMILES string of the molecule is O=C(NC(C1CCOCC1)C1(CO)CCC1)c1cccc2c1OCC2. The molecule has 1 unspecified atom stereocenters. The quantitative estimate of drug-likeness (QED) is 0.859. The molecule has 0 spiro atoms. The van der Waals surface area contributed by atoms with Crippen molar-refractivity contribution in [2.75, 3.05) is 26.4 Å². The van der Waals surface area contributed by atoms with Crippen LogP contribution in [-0.4, -0.2) is 43.5 Å². The van der Waals surface area contributed by atoms with Gasteiger partial charge in [0.05, 0.1) is 18.8 Å². The molecular weight excluding hydrogens is 318 g/mol. The van der Waals surface area contributed by atoms with E-state index in [1.54, 1.807) is 0 Å². The fourth-order valence-electron chi connectivity index (χ4n) is 4.63. The van der Waals surface area contributed by atoms with Crippen LogP contribution in [0.2, 0.25) is 0 Å². The molecule has 25 heavy (non-hydrogen) atoms. The Bertz CT molecular complexity index is 629. The van der Waals surface area contributed by atoms with Gasteiger partial charge in [0.1, 0.15) is 5.75 Å². The summed E-state index contributed by atoms with van der Waals surface area (Å²) in [4.78, 5) is 13.1. The number of para-hydroxylation sites is 1. The number of aliphatic hydroxyl groups excluding tert-OH is 1. The number of hydrogen-bond acceptors (Lipinski definition) is 4. The maximum atomic E-state index is 13.1. The molecule has 2 heterocycles. The van der Waals surface area contributed by atoms with Crippen LogP contribution >= 0.6 is 0 Å². The highest BCUT2D eigenvalue weighted by Gasteiger charge is 2.48. The van der Waals surface area contributed by atoms with Crippen molar-refractivity contribution in [2.24, 2.45) is 11.3 Å². The molecule has 3 aliphatic rings. The molecule has 1 saturated heterocycles. The zero-order valence-electron chi connectivity index (χ0n) is 14.6. The van der Waals surface area contributed by atoms with Crippen LogP contribution in [0.1, 0.15) is 48.0 Å². The molecule has 2 fully saturated rings. The highest BCUT2D eigenvalue weighted by molar-refractivity contribution is 5.97. The molecule has 1 saturated carbocycles. The molecule has 1 aliphatic carbocycles.